The van der Waals surface area contributed by atoms with Crippen molar-refractivity contribution in [2.45, 2.75) is 6.54 Å². The van der Waals surface area contributed by atoms with Gasteiger partial charge in [-0.15, -0.1) is 0 Å². The minimum Gasteiger partial charge on any atom is -0.497 e. The molecule has 30 heavy (non-hydrogen) atoms. The number of nitrogens with zero attached hydrogens (tertiary/aromatic N) is 2. The smallest absolute Gasteiger partial charge is 0.265 e. The highest BCUT2D eigenvalue weighted by molar-refractivity contribution is 6.05. The van der Waals surface area contributed by atoms with Crippen LogP contribution >= 0.6 is 0 Å². The van der Waals surface area contributed by atoms with E-state index in [0.717, 1.165) is 0 Å². The van der Waals surface area contributed by atoms with Gasteiger partial charge in [0.05, 0.1) is 13.7 Å². The van der Waals surface area contributed by atoms with Gasteiger partial charge in [0.1, 0.15) is 22.8 Å². The Balaban J connectivity index is 1.76. The zero-order chi connectivity index (χ0) is 21.1. The summed E-state index contributed by atoms with van der Waals surface area (Å²) in [6.45, 7) is -0.0390. The number of ether oxygens (including phenoxy) is 1. The molecule has 0 unspecified atom stereocenters. The van der Waals surface area contributed by atoms with Crippen molar-refractivity contribution in [1.82, 2.24) is 9.55 Å². The Morgan fingerprint density at radius 1 is 1.10 bits per heavy atom. The summed E-state index contributed by atoms with van der Waals surface area (Å²) in [7, 11) is 1.55. The van der Waals surface area contributed by atoms with Crippen LogP contribution in [0.5, 0.6) is 5.75 Å². The molecule has 0 radical (unpaired) electrons. The predicted molar refractivity (Wildman–Crippen MR) is 112 cm³/mol. The van der Waals surface area contributed by atoms with Crippen molar-refractivity contribution >= 4 is 22.6 Å². The fourth-order valence-electron chi connectivity index (χ4n) is 3.19. The molecule has 0 saturated carbocycles. The summed E-state index contributed by atoms with van der Waals surface area (Å²) >= 11 is 0. The first-order valence-electron chi connectivity index (χ1n) is 9.24. The number of carbonyl (C=O) groups is 1. The minimum atomic E-state index is -0.557. The average molecular weight is 403 g/mol. The van der Waals surface area contributed by atoms with Gasteiger partial charge in [-0.3, -0.25) is 14.2 Å². The minimum absolute atomic E-state index is 0.0390. The van der Waals surface area contributed by atoms with E-state index in [2.05, 4.69) is 10.3 Å². The number of nitrogens with one attached hydrogen (secondary N) is 1. The molecule has 7 heteroatoms. The molecule has 2 aromatic heterocycles. The fraction of sp³-hybridized carbons (Fsp3) is 0.0870. The molecule has 2 aromatic carbocycles. The lowest BCUT2D eigenvalue weighted by molar-refractivity contribution is 0.102. The number of hydrogen-bond acceptors (Lipinski definition) is 4. The lowest BCUT2D eigenvalue weighted by Gasteiger charge is -2.13. The fourth-order valence-corrected chi connectivity index (χ4v) is 3.19. The van der Waals surface area contributed by atoms with Gasteiger partial charge in [0.25, 0.3) is 11.5 Å². The molecular weight excluding hydrogens is 385 g/mol. The molecule has 0 spiro atoms. The second-order valence-electron chi connectivity index (χ2n) is 6.64. The van der Waals surface area contributed by atoms with Gasteiger partial charge in [-0.2, -0.15) is 0 Å². The molecule has 0 aliphatic carbocycles. The van der Waals surface area contributed by atoms with Gasteiger partial charge < -0.3 is 10.1 Å². The number of anilines is 1. The molecule has 4 rings (SSSR count). The summed E-state index contributed by atoms with van der Waals surface area (Å²) in [6.07, 6.45) is 1.55. The van der Waals surface area contributed by atoms with Crippen molar-refractivity contribution in [2.24, 2.45) is 0 Å². The second-order valence-corrected chi connectivity index (χ2v) is 6.64. The Labute approximate surface area is 171 Å². The zero-order valence-corrected chi connectivity index (χ0v) is 16.1. The Kier molecular flexibility index (Phi) is 5.26. The number of rotatable bonds is 5. The van der Waals surface area contributed by atoms with Crippen molar-refractivity contribution in [1.29, 1.82) is 0 Å². The van der Waals surface area contributed by atoms with Gasteiger partial charge in [0.2, 0.25) is 0 Å². The summed E-state index contributed by atoms with van der Waals surface area (Å²) in [5, 5.41) is 3.32. The summed E-state index contributed by atoms with van der Waals surface area (Å²) < 4.78 is 20.6. The SMILES string of the molecule is COc1ccc(NC(=O)c2cc3cccnc3n(Cc3ccccc3F)c2=O)cc1. The zero-order valence-electron chi connectivity index (χ0n) is 16.1. The molecule has 0 bridgehead atoms. The molecule has 0 aliphatic rings. The van der Waals surface area contributed by atoms with E-state index in [0.29, 0.717) is 28.0 Å². The van der Waals surface area contributed by atoms with E-state index >= 15 is 0 Å². The number of halogens is 1. The maximum Gasteiger partial charge on any atom is 0.265 e. The highest BCUT2D eigenvalue weighted by Crippen LogP contribution is 2.18. The number of aromatic nitrogens is 2. The number of methoxy groups -OCH3 is 1. The number of benzene rings is 2. The lowest BCUT2D eigenvalue weighted by atomic mass is 10.1. The molecule has 0 aliphatic heterocycles. The molecule has 2 heterocycles. The third-order valence-corrected chi connectivity index (χ3v) is 4.73. The molecular formula is C23H18FN3O3. The quantitative estimate of drug-likeness (QED) is 0.549. The van der Waals surface area contributed by atoms with E-state index in [1.54, 1.807) is 67.9 Å². The third-order valence-electron chi connectivity index (χ3n) is 4.73. The van der Waals surface area contributed by atoms with E-state index in [4.69, 9.17) is 4.74 Å². The van der Waals surface area contributed by atoms with E-state index in [9.17, 15) is 14.0 Å². The van der Waals surface area contributed by atoms with E-state index < -0.39 is 17.3 Å². The van der Waals surface area contributed by atoms with E-state index in [1.807, 2.05) is 0 Å². The summed E-state index contributed by atoms with van der Waals surface area (Å²) in [4.78, 5) is 30.3. The maximum atomic E-state index is 14.2. The third kappa shape index (κ3) is 3.77. The van der Waals surface area contributed by atoms with Crippen LogP contribution in [0.3, 0.4) is 0 Å². The first-order valence-corrected chi connectivity index (χ1v) is 9.24. The van der Waals surface area contributed by atoms with Gasteiger partial charge in [-0.25, -0.2) is 9.37 Å². The topological polar surface area (TPSA) is 73.2 Å². The first kappa shape index (κ1) is 19.3. The molecule has 0 fully saturated rings. The number of fused-ring (bicyclic) bond motifs is 1. The molecule has 6 nitrogen and oxygen atoms in total. The highest BCUT2D eigenvalue weighted by Gasteiger charge is 2.17. The highest BCUT2D eigenvalue weighted by atomic mass is 19.1. The van der Waals surface area contributed by atoms with Crippen LogP contribution in [0, 0.1) is 5.82 Å². The Hall–Kier alpha value is -4.00. The number of pyridine rings is 2. The van der Waals surface area contributed by atoms with Crippen LogP contribution in [-0.4, -0.2) is 22.6 Å². The number of amides is 1. The van der Waals surface area contributed by atoms with Crippen molar-refractivity contribution in [3.63, 3.8) is 0 Å². The standard InChI is InChI=1S/C23H18FN3O3/c1-30-18-10-8-17(9-11-18)26-22(28)19-13-15-6-4-12-25-21(15)27(23(19)29)14-16-5-2-3-7-20(16)24/h2-13H,14H2,1H3,(H,26,28). The van der Waals surface area contributed by atoms with Gasteiger partial charge in [-0.1, -0.05) is 18.2 Å². The predicted octanol–water partition coefficient (Wildman–Crippen LogP) is 3.84. The van der Waals surface area contributed by atoms with E-state index in [-0.39, 0.29) is 12.1 Å². The molecule has 0 saturated heterocycles. The Morgan fingerprint density at radius 3 is 2.60 bits per heavy atom. The largest absolute Gasteiger partial charge is 0.497 e. The number of hydrogen-bond donors (Lipinski definition) is 1. The van der Waals surface area contributed by atoms with Gasteiger partial charge >= 0.3 is 0 Å². The van der Waals surface area contributed by atoms with Crippen LogP contribution in [0.1, 0.15) is 15.9 Å². The van der Waals surface area contributed by atoms with Crippen molar-refractivity contribution in [3.05, 3.63) is 100 Å². The van der Waals surface area contributed by atoms with Gasteiger partial charge in [0, 0.05) is 22.8 Å². The van der Waals surface area contributed by atoms with Crippen LogP contribution < -0.4 is 15.6 Å². The van der Waals surface area contributed by atoms with Crippen molar-refractivity contribution < 1.29 is 13.9 Å². The van der Waals surface area contributed by atoms with Crippen LogP contribution in [-0.2, 0) is 6.54 Å². The summed E-state index contributed by atoms with van der Waals surface area (Å²) in [5.41, 5.74) is 0.635. The average Bonchev–Trinajstić information content (AvgIpc) is 2.77. The maximum absolute atomic E-state index is 14.2. The van der Waals surface area contributed by atoms with Gasteiger partial charge in [-0.05, 0) is 48.5 Å². The molecule has 1 amide bonds. The van der Waals surface area contributed by atoms with Crippen molar-refractivity contribution in [2.75, 3.05) is 12.4 Å². The molecule has 4 aromatic rings. The Morgan fingerprint density at radius 2 is 1.87 bits per heavy atom. The van der Waals surface area contributed by atoms with Crippen LogP contribution in [0.4, 0.5) is 10.1 Å². The second kappa shape index (κ2) is 8.16. The monoisotopic (exact) mass is 403 g/mol. The Bertz CT molecular complexity index is 1280. The lowest BCUT2D eigenvalue weighted by Crippen LogP contribution is -2.30. The van der Waals surface area contributed by atoms with Crippen LogP contribution in [0.2, 0.25) is 0 Å². The molecule has 150 valence electrons. The van der Waals surface area contributed by atoms with Crippen molar-refractivity contribution in [3.8, 4) is 5.75 Å². The normalized spacial score (nSPS) is 10.7. The summed E-state index contributed by atoms with van der Waals surface area (Å²) in [5.74, 6) is -0.336. The van der Waals surface area contributed by atoms with Gasteiger partial charge in [0.15, 0.2) is 0 Å². The molecule has 1 N–H and O–H groups in total. The van der Waals surface area contributed by atoms with Crippen LogP contribution in [0.25, 0.3) is 11.0 Å². The molecule has 0 atom stereocenters. The summed E-state index contributed by atoms with van der Waals surface area (Å²) in [6, 6.07) is 17.9. The van der Waals surface area contributed by atoms with E-state index in [1.165, 1.54) is 16.7 Å². The number of carbonyl (C=O) groups excluding carboxylic acids is 1. The first-order chi connectivity index (χ1) is 14.6. The van der Waals surface area contributed by atoms with Crippen LogP contribution in [0.15, 0.2) is 77.7 Å².